The lowest BCUT2D eigenvalue weighted by molar-refractivity contribution is -0.127. The second-order valence-electron chi connectivity index (χ2n) is 4.12. The molecule has 16 heavy (non-hydrogen) atoms. The lowest BCUT2D eigenvalue weighted by Gasteiger charge is -2.21. The Balaban J connectivity index is 1.72. The Labute approximate surface area is 99.0 Å². The first-order chi connectivity index (χ1) is 7.75. The Morgan fingerprint density at radius 1 is 1.69 bits per heavy atom. The van der Waals surface area contributed by atoms with Crippen LogP contribution in [0, 0.1) is 0 Å². The Morgan fingerprint density at radius 3 is 3.19 bits per heavy atom. The van der Waals surface area contributed by atoms with Crippen molar-refractivity contribution in [2.45, 2.75) is 32.4 Å². The van der Waals surface area contributed by atoms with Crippen LogP contribution in [0.25, 0.3) is 0 Å². The summed E-state index contributed by atoms with van der Waals surface area (Å²) in [5.41, 5.74) is 0.963. The van der Waals surface area contributed by atoms with Crippen LogP contribution in [0.15, 0.2) is 5.38 Å². The third-order valence-corrected chi connectivity index (χ3v) is 3.26. The minimum absolute atomic E-state index is 0.281. The largest absolute Gasteiger partial charge is 0.341 e. The van der Waals surface area contributed by atoms with Gasteiger partial charge < -0.3 is 10.2 Å². The summed E-state index contributed by atoms with van der Waals surface area (Å²) in [4.78, 5) is 13.3. The van der Waals surface area contributed by atoms with Crippen LogP contribution in [0.2, 0.25) is 0 Å². The van der Waals surface area contributed by atoms with E-state index in [-0.39, 0.29) is 5.91 Å². The SMILES string of the molecule is CC(CN1CCCC1=O)NCc1csnn1. The first-order valence-corrected chi connectivity index (χ1v) is 6.36. The van der Waals surface area contributed by atoms with Gasteiger partial charge in [0, 0.05) is 37.5 Å². The van der Waals surface area contributed by atoms with Gasteiger partial charge in [0.2, 0.25) is 5.91 Å². The third-order valence-electron chi connectivity index (χ3n) is 2.70. The van der Waals surface area contributed by atoms with E-state index in [0.717, 1.165) is 31.7 Å². The van der Waals surface area contributed by atoms with E-state index in [2.05, 4.69) is 21.8 Å². The summed E-state index contributed by atoms with van der Waals surface area (Å²) in [6.45, 7) is 4.50. The molecule has 0 spiro atoms. The van der Waals surface area contributed by atoms with Gasteiger partial charge in [-0.2, -0.15) is 0 Å². The minimum atomic E-state index is 0.281. The predicted molar refractivity (Wildman–Crippen MR) is 62.0 cm³/mol. The van der Waals surface area contributed by atoms with E-state index in [0.29, 0.717) is 12.5 Å². The minimum Gasteiger partial charge on any atom is -0.341 e. The van der Waals surface area contributed by atoms with E-state index in [1.807, 2.05) is 10.3 Å². The van der Waals surface area contributed by atoms with Gasteiger partial charge in [0.1, 0.15) is 0 Å². The molecule has 88 valence electrons. The van der Waals surface area contributed by atoms with E-state index in [1.165, 1.54) is 11.5 Å². The third kappa shape index (κ3) is 2.99. The van der Waals surface area contributed by atoms with Crippen LogP contribution in [-0.4, -0.2) is 39.5 Å². The average Bonchev–Trinajstić information content (AvgIpc) is 2.88. The highest BCUT2D eigenvalue weighted by Gasteiger charge is 2.21. The Morgan fingerprint density at radius 2 is 2.56 bits per heavy atom. The summed E-state index contributed by atoms with van der Waals surface area (Å²) < 4.78 is 3.80. The number of hydrogen-bond donors (Lipinski definition) is 1. The first-order valence-electron chi connectivity index (χ1n) is 5.53. The van der Waals surface area contributed by atoms with Crippen LogP contribution in [-0.2, 0) is 11.3 Å². The summed E-state index contributed by atoms with van der Waals surface area (Å²) in [5, 5.41) is 9.23. The molecule has 6 heteroatoms. The van der Waals surface area contributed by atoms with Crippen LogP contribution < -0.4 is 5.32 Å². The molecule has 1 aliphatic heterocycles. The maximum atomic E-state index is 11.4. The molecule has 0 bridgehead atoms. The molecule has 1 aromatic heterocycles. The van der Waals surface area contributed by atoms with Crippen molar-refractivity contribution >= 4 is 17.4 Å². The standard InChI is InChI=1S/C10H16N4OS/c1-8(6-14-4-2-3-10(14)15)11-5-9-7-16-13-12-9/h7-8,11H,2-6H2,1H3. The van der Waals surface area contributed by atoms with Crippen LogP contribution in [0.1, 0.15) is 25.5 Å². The van der Waals surface area contributed by atoms with Gasteiger partial charge in [-0.1, -0.05) is 4.49 Å². The number of nitrogens with one attached hydrogen (secondary N) is 1. The highest BCUT2D eigenvalue weighted by molar-refractivity contribution is 7.03. The van der Waals surface area contributed by atoms with E-state index < -0.39 is 0 Å². The maximum Gasteiger partial charge on any atom is 0.222 e. The Kier molecular flexibility index (Phi) is 3.84. The molecule has 1 fully saturated rings. The second-order valence-corrected chi connectivity index (χ2v) is 4.73. The number of hydrogen-bond acceptors (Lipinski definition) is 5. The summed E-state index contributed by atoms with van der Waals surface area (Å²) >= 11 is 1.36. The van der Waals surface area contributed by atoms with Crippen molar-refractivity contribution in [2.24, 2.45) is 0 Å². The fraction of sp³-hybridized carbons (Fsp3) is 0.700. The normalized spacial score (nSPS) is 18.1. The molecule has 1 atom stereocenters. The molecule has 2 rings (SSSR count). The van der Waals surface area contributed by atoms with Crippen molar-refractivity contribution in [3.8, 4) is 0 Å². The molecular weight excluding hydrogens is 224 g/mol. The molecule has 1 amide bonds. The lowest BCUT2D eigenvalue weighted by Crippen LogP contribution is -2.39. The molecule has 0 radical (unpaired) electrons. The lowest BCUT2D eigenvalue weighted by atomic mass is 10.3. The van der Waals surface area contributed by atoms with Gasteiger partial charge in [-0.25, -0.2) is 0 Å². The molecule has 1 aromatic rings. The molecule has 1 saturated heterocycles. The number of carbonyl (C=O) groups excluding carboxylic acids is 1. The van der Waals surface area contributed by atoms with Crippen LogP contribution in [0.5, 0.6) is 0 Å². The molecule has 2 heterocycles. The van der Waals surface area contributed by atoms with E-state index in [9.17, 15) is 4.79 Å². The number of rotatable bonds is 5. The summed E-state index contributed by atoms with van der Waals surface area (Å²) in [7, 11) is 0. The fourth-order valence-electron chi connectivity index (χ4n) is 1.83. The van der Waals surface area contributed by atoms with Gasteiger partial charge in [-0.15, -0.1) is 5.10 Å². The van der Waals surface area contributed by atoms with Crippen molar-refractivity contribution in [3.05, 3.63) is 11.1 Å². The average molecular weight is 240 g/mol. The Hall–Kier alpha value is -1.01. The van der Waals surface area contributed by atoms with Crippen molar-refractivity contribution in [1.29, 1.82) is 0 Å². The van der Waals surface area contributed by atoms with Crippen molar-refractivity contribution in [2.75, 3.05) is 13.1 Å². The molecule has 0 aromatic carbocycles. The highest BCUT2D eigenvalue weighted by Crippen LogP contribution is 2.09. The van der Waals surface area contributed by atoms with Gasteiger partial charge >= 0.3 is 0 Å². The van der Waals surface area contributed by atoms with E-state index >= 15 is 0 Å². The quantitative estimate of drug-likeness (QED) is 0.820. The number of amides is 1. The van der Waals surface area contributed by atoms with E-state index in [1.54, 1.807) is 0 Å². The fourth-order valence-corrected chi connectivity index (χ4v) is 2.28. The smallest absolute Gasteiger partial charge is 0.222 e. The molecule has 0 aliphatic carbocycles. The van der Waals surface area contributed by atoms with Gasteiger partial charge in [-0.05, 0) is 24.9 Å². The van der Waals surface area contributed by atoms with Crippen molar-refractivity contribution < 1.29 is 4.79 Å². The zero-order valence-electron chi connectivity index (χ0n) is 9.35. The molecule has 0 saturated carbocycles. The summed E-state index contributed by atoms with van der Waals surface area (Å²) in [6.07, 6.45) is 1.71. The van der Waals surface area contributed by atoms with Crippen molar-refractivity contribution in [3.63, 3.8) is 0 Å². The Bertz CT molecular complexity index is 341. The molecular formula is C10H16N4OS. The molecule has 1 unspecified atom stereocenters. The zero-order valence-corrected chi connectivity index (χ0v) is 10.2. The van der Waals surface area contributed by atoms with Crippen LogP contribution in [0.4, 0.5) is 0 Å². The maximum absolute atomic E-state index is 11.4. The van der Waals surface area contributed by atoms with E-state index in [4.69, 9.17) is 0 Å². The summed E-state index contributed by atoms with van der Waals surface area (Å²) in [5.74, 6) is 0.281. The summed E-state index contributed by atoms with van der Waals surface area (Å²) in [6, 6.07) is 0.295. The highest BCUT2D eigenvalue weighted by atomic mass is 32.1. The topological polar surface area (TPSA) is 58.1 Å². The van der Waals surface area contributed by atoms with Gasteiger partial charge in [0.15, 0.2) is 0 Å². The monoisotopic (exact) mass is 240 g/mol. The van der Waals surface area contributed by atoms with Gasteiger partial charge in [-0.3, -0.25) is 4.79 Å². The zero-order chi connectivity index (χ0) is 11.4. The van der Waals surface area contributed by atoms with Gasteiger partial charge in [0.05, 0.1) is 5.69 Å². The molecule has 1 aliphatic rings. The molecule has 1 N–H and O–H groups in total. The van der Waals surface area contributed by atoms with Crippen LogP contribution >= 0.6 is 11.5 Å². The predicted octanol–water partition coefficient (Wildman–Crippen LogP) is 0.639. The number of carbonyl (C=O) groups is 1. The first kappa shape index (κ1) is 11.5. The number of nitrogens with zero attached hydrogens (tertiary/aromatic N) is 3. The van der Waals surface area contributed by atoms with Gasteiger partial charge in [0.25, 0.3) is 0 Å². The second kappa shape index (κ2) is 5.36. The van der Waals surface area contributed by atoms with Crippen molar-refractivity contribution in [1.82, 2.24) is 19.8 Å². The number of likely N-dealkylation sites (tertiary alicyclic amines) is 1. The number of aromatic nitrogens is 2. The van der Waals surface area contributed by atoms with Crippen LogP contribution in [0.3, 0.4) is 0 Å². The molecule has 5 nitrogen and oxygen atoms in total.